The summed E-state index contributed by atoms with van der Waals surface area (Å²) < 4.78 is 5.38. The van der Waals surface area contributed by atoms with Crippen molar-refractivity contribution >= 4 is 29.9 Å². The molecule has 1 rings (SSSR count). The van der Waals surface area contributed by atoms with Crippen LogP contribution in [0.3, 0.4) is 0 Å². The van der Waals surface area contributed by atoms with Crippen molar-refractivity contribution in [3.63, 3.8) is 0 Å². The van der Waals surface area contributed by atoms with Crippen molar-refractivity contribution in [2.24, 2.45) is 10.4 Å². The van der Waals surface area contributed by atoms with Gasteiger partial charge in [-0.1, -0.05) is 39.8 Å². The van der Waals surface area contributed by atoms with Crippen LogP contribution in [0.1, 0.15) is 58.1 Å². The number of halogens is 1. The van der Waals surface area contributed by atoms with Gasteiger partial charge in [0.15, 0.2) is 5.96 Å². The van der Waals surface area contributed by atoms with Crippen LogP contribution in [0.5, 0.6) is 0 Å². The Balaban J connectivity index is 0.00000441. The number of aryl methyl sites for hydroxylation is 2. The van der Waals surface area contributed by atoms with E-state index in [4.69, 9.17) is 4.52 Å². The number of hydrogen-bond acceptors (Lipinski definition) is 3. The van der Waals surface area contributed by atoms with E-state index in [1.807, 2.05) is 0 Å². The molecule has 0 fully saturated rings. The maximum atomic E-state index is 5.38. The molecule has 0 amide bonds. The van der Waals surface area contributed by atoms with Gasteiger partial charge >= 0.3 is 0 Å². The Bertz CT molecular complexity index is 442. The summed E-state index contributed by atoms with van der Waals surface area (Å²) in [6, 6.07) is 0. The summed E-state index contributed by atoms with van der Waals surface area (Å²) >= 11 is 0. The van der Waals surface area contributed by atoms with Crippen molar-refractivity contribution in [2.45, 2.75) is 60.4 Å². The quantitative estimate of drug-likeness (QED) is 0.419. The third kappa shape index (κ3) is 6.98. The largest absolute Gasteiger partial charge is 0.361 e. The summed E-state index contributed by atoms with van der Waals surface area (Å²) in [5, 5.41) is 10.8. The minimum absolute atomic E-state index is 0. The van der Waals surface area contributed by atoms with Crippen LogP contribution in [0.15, 0.2) is 9.52 Å². The molecule has 0 bridgehead atoms. The van der Waals surface area contributed by atoms with Crippen molar-refractivity contribution in [2.75, 3.05) is 13.6 Å². The lowest BCUT2D eigenvalue weighted by atomic mass is 9.92. The molecule has 128 valence electrons. The monoisotopic (exact) mass is 422 g/mol. The molecule has 0 saturated carbocycles. The van der Waals surface area contributed by atoms with Gasteiger partial charge in [0.25, 0.3) is 0 Å². The van der Waals surface area contributed by atoms with Crippen LogP contribution in [-0.2, 0) is 19.4 Å². The van der Waals surface area contributed by atoms with Gasteiger partial charge in [0.05, 0.1) is 5.69 Å². The van der Waals surface area contributed by atoms with Crippen LogP contribution in [0.25, 0.3) is 0 Å². The van der Waals surface area contributed by atoms with E-state index in [1.165, 1.54) is 5.56 Å². The first-order chi connectivity index (χ1) is 9.91. The standard InChI is InChI=1S/C16H30N4O.HI/c1-7-13-12(14(8-2)21-20-13)11-19-15(17-6)18-10-9-16(3,4)5;/h7-11H2,1-6H3,(H2,17,18,19);1H. The maximum Gasteiger partial charge on any atom is 0.191 e. The highest BCUT2D eigenvalue weighted by Crippen LogP contribution is 2.17. The highest BCUT2D eigenvalue weighted by atomic mass is 127. The molecule has 0 aliphatic carbocycles. The fourth-order valence-electron chi connectivity index (χ4n) is 2.09. The van der Waals surface area contributed by atoms with E-state index < -0.39 is 0 Å². The zero-order valence-corrected chi connectivity index (χ0v) is 17.1. The van der Waals surface area contributed by atoms with Crippen molar-refractivity contribution in [1.82, 2.24) is 15.8 Å². The Morgan fingerprint density at radius 3 is 2.36 bits per heavy atom. The number of nitrogens with zero attached hydrogens (tertiary/aromatic N) is 2. The third-order valence-corrected chi connectivity index (χ3v) is 3.43. The number of nitrogens with one attached hydrogen (secondary N) is 2. The summed E-state index contributed by atoms with van der Waals surface area (Å²) in [4.78, 5) is 4.26. The van der Waals surface area contributed by atoms with Gasteiger partial charge in [-0.2, -0.15) is 0 Å². The first-order valence-corrected chi connectivity index (χ1v) is 7.82. The molecule has 22 heavy (non-hydrogen) atoms. The molecule has 0 radical (unpaired) electrons. The molecule has 1 heterocycles. The van der Waals surface area contributed by atoms with Gasteiger partial charge in [-0.25, -0.2) is 0 Å². The molecule has 0 aromatic carbocycles. The molecular weight excluding hydrogens is 391 g/mol. The molecule has 5 nitrogen and oxygen atoms in total. The van der Waals surface area contributed by atoms with Crippen LogP contribution in [0.4, 0.5) is 0 Å². The zero-order valence-electron chi connectivity index (χ0n) is 14.7. The summed E-state index contributed by atoms with van der Waals surface area (Å²) in [6.07, 6.45) is 2.85. The molecular formula is C16H31IN4O. The van der Waals surface area contributed by atoms with Gasteiger partial charge in [-0.3, -0.25) is 4.99 Å². The second-order valence-electron chi connectivity index (χ2n) is 6.40. The predicted octanol–water partition coefficient (Wildman–Crippen LogP) is 3.52. The smallest absolute Gasteiger partial charge is 0.191 e. The van der Waals surface area contributed by atoms with E-state index in [0.717, 1.165) is 43.2 Å². The van der Waals surface area contributed by atoms with E-state index in [9.17, 15) is 0 Å². The molecule has 1 aromatic rings. The van der Waals surface area contributed by atoms with Gasteiger partial charge in [-0.15, -0.1) is 24.0 Å². The molecule has 0 atom stereocenters. The Kier molecular flexibility index (Phi) is 9.71. The van der Waals surface area contributed by atoms with Crippen molar-refractivity contribution in [3.8, 4) is 0 Å². The minimum Gasteiger partial charge on any atom is -0.361 e. The molecule has 0 aliphatic rings. The van der Waals surface area contributed by atoms with Gasteiger partial charge in [-0.05, 0) is 18.3 Å². The second-order valence-corrected chi connectivity index (χ2v) is 6.40. The average Bonchev–Trinajstić information content (AvgIpc) is 2.83. The van der Waals surface area contributed by atoms with E-state index in [-0.39, 0.29) is 24.0 Å². The highest BCUT2D eigenvalue weighted by molar-refractivity contribution is 14.0. The lowest BCUT2D eigenvalue weighted by Gasteiger charge is -2.19. The van der Waals surface area contributed by atoms with Crippen LogP contribution < -0.4 is 10.6 Å². The summed E-state index contributed by atoms with van der Waals surface area (Å²) in [5.74, 6) is 1.79. The maximum absolute atomic E-state index is 5.38. The van der Waals surface area contributed by atoms with Crippen molar-refractivity contribution < 1.29 is 4.52 Å². The van der Waals surface area contributed by atoms with Gasteiger partial charge in [0, 0.05) is 32.1 Å². The number of rotatable bonds is 6. The first-order valence-electron chi connectivity index (χ1n) is 7.82. The molecule has 0 unspecified atom stereocenters. The Morgan fingerprint density at radius 2 is 1.86 bits per heavy atom. The van der Waals surface area contributed by atoms with E-state index in [0.29, 0.717) is 12.0 Å². The Hall–Kier alpha value is -0.790. The second kappa shape index (κ2) is 10.1. The summed E-state index contributed by atoms with van der Waals surface area (Å²) in [6.45, 7) is 12.5. The number of hydrogen-bond donors (Lipinski definition) is 2. The summed E-state index contributed by atoms with van der Waals surface area (Å²) in [5.41, 5.74) is 2.52. The van der Waals surface area contributed by atoms with Crippen molar-refractivity contribution in [3.05, 3.63) is 17.0 Å². The van der Waals surface area contributed by atoms with Gasteiger partial charge in [0.2, 0.25) is 0 Å². The molecule has 2 N–H and O–H groups in total. The Morgan fingerprint density at radius 1 is 1.18 bits per heavy atom. The van der Waals surface area contributed by atoms with Gasteiger partial charge in [0.1, 0.15) is 5.76 Å². The lowest BCUT2D eigenvalue weighted by molar-refractivity contribution is 0.377. The zero-order chi connectivity index (χ0) is 15.9. The molecule has 0 aliphatic heterocycles. The molecule has 0 spiro atoms. The van der Waals surface area contributed by atoms with Crippen LogP contribution in [-0.4, -0.2) is 24.7 Å². The number of aliphatic imine (C=N–C) groups is 1. The fourth-order valence-corrected chi connectivity index (χ4v) is 2.09. The SMILES string of the molecule is CCc1noc(CC)c1CNC(=NC)NCCC(C)(C)C.I. The Labute approximate surface area is 151 Å². The van der Waals surface area contributed by atoms with Crippen molar-refractivity contribution in [1.29, 1.82) is 0 Å². The predicted molar refractivity (Wildman–Crippen MR) is 103 cm³/mol. The van der Waals surface area contributed by atoms with Crippen LogP contribution in [0, 0.1) is 5.41 Å². The average molecular weight is 422 g/mol. The highest BCUT2D eigenvalue weighted by Gasteiger charge is 2.14. The number of guanidine groups is 1. The fraction of sp³-hybridized carbons (Fsp3) is 0.750. The topological polar surface area (TPSA) is 62.5 Å². The van der Waals surface area contributed by atoms with Crippen LogP contribution >= 0.6 is 24.0 Å². The van der Waals surface area contributed by atoms with Gasteiger partial charge < -0.3 is 15.2 Å². The van der Waals surface area contributed by atoms with E-state index >= 15 is 0 Å². The molecule has 1 aromatic heterocycles. The molecule has 6 heteroatoms. The molecule has 0 saturated heterocycles. The third-order valence-electron chi connectivity index (χ3n) is 3.43. The van der Waals surface area contributed by atoms with Crippen LogP contribution in [0.2, 0.25) is 0 Å². The van der Waals surface area contributed by atoms with E-state index in [2.05, 4.69) is 55.4 Å². The summed E-state index contributed by atoms with van der Waals surface area (Å²) in [7, 11) is 1.79. The number of aromatic nitrogens is 1. The first kappa shape index (κ1) is 21.2. The van der Waals surface area contributed by atoms with E-state index in [1.54, 1.807) is 7.05 Å². The lowest BCUT2D eigenvalue weighted by Crippen LogP contribution is -2.38. The minimum atomic E-state index is 0. The normalized spacial score (nSPS) is 12.0.